The second kappa shape index (κ2) is 6.45. The van der Waals surface area contributed by atoms with E-state index in [-0.39, 0.29) is 11.7 Å². The Morgan fingerprint density at radius 3 is 2.47 bits per heavy atom. The Kier molecular flexibility index (Phi) is 4.66. The van der Waals surface area contributed by atoms with Crippen LogP contribution >= 0.6 is 0 Å². The molecule has 0 aliphatic carbocycles. The fraction of sp³-hybridized carbons (Fsp3) is 0.533. The smallest absolute Gasteiger partial charge is 0.263 e. The van der Waals surface area contributed by atoms with Crippen molar-refractivity contribution in [3.05, 3.63) is 24.3 Å². The van der Waals surface area contributed by atoms with Crippen molar-refractivity contribution in [1.29, 1.82) is 0 Å². The number of rotatable bonds is 3. The van der Waals surface area contributed by atoms with Crippen molar-refractivity contribution in [2.24, 2.45) is 0 Å². The molecule has 0 radical (unpaired) electrons. The van der Waals surface area contributed by atoms with E-state index < -0.39 is 6.10 Å². The third-order valence-electron chi connectivity index (χ3n) is 3.43. The molecule has 0 saturated carbocycles. The second-order valence-electron chi connectivity index (χ2n) is 4.97. The Hall–Kier alpha value is -1.71. The summed E-state index contributed by atoms with van der Waals surface area (Å²) in [5, 5.41) is 9.65. The Labute approximate surface area is 114 Å². The number of benzene rings is 1. The second-order valence-corrected chi connectivity index (χ2v) is 4.97. The van der Waals surface area contributed by atoms with E-state index >= 15 is 0 Å². The fourth-order valence-electron chi connectivity index (χ4n) is 2.35. The number of hydrogen-bond donors (Lipinski definition) is 1. The van der Waals surface area contributed by atoms with Crippen molar-refractivity contribution >= 4 is 5.91 Å². The summed E-state index contributed by atoms with van der Waals surface area (Å²) in [5.41, 5.74) is 0. The van der Waals surface area contributed by atoms with Crippen molar-refractivity contribution in [2.75, 3.05) is 13.1 Å². The van der Waals surface area contributed by atoms with Gasteiger partial charge in [-0.05, 0) is 31.9 Å². The van der Waals surface area contributed by atoms with E-state index in [9.17, 15) is 9.90 Å². The third kappa shape index (κ3) is 3.63. The average molecular weight is 263 g/mol. The molecule has 4 heteroatoms. The molecule has 0 spiro atoms. The lowest BCUT2D eigenvalue weighted by Gasteiger charge is -2.24. The SMILES string of the molecule is CC(Oc1ccccc1O)C(=O)N1CCCCCC1. The summed E-state index contributed by atoms with van der Waals surface area (Å²) in [7, 11) is 0. The molecule has 2 rings (SSSR count). The van der Waals surface area contributed by atoms with Gasteiger partial charge < -0.3 is 14.7 Å². The molecule has 19 heavy (non-hydrogen) atoms. The molecule has 1 unspecified atom stereocenters. The zero-order valence-electron chi connectivity index (χ0n) is 11.3. The lowest BCUT2D eigenvalue weighted by Crippen LogP contribution is -2.41. The predicted molar refractivity (Wildman–Crippen MR) is 73.2 cm³/mol. The van der Waals surface area contributed by atoms with Crippen LogP contribution < -0.4 is 4.74 Å². The van der Waals surface area contributed by atoms with Crippen LogP contribution in [0, 0.1) is 0 Å². The number of amides is 1. The average Bonchev–Trinajstić information content (AvgIpc) is 2.69. The number of phenols is 1. The minimum Gasteiger partial charge on any atom is -0.504 e. The van der Waals surface area contributed by atoms with Crippen LogP contribution in [0.5, 0.6) is 11.5 Å². The van der Waals surface area contributed by atoms with Crippen LogP contribution in [0.4, 0.5) is 0 Å². The van der Waals surface area contributed by atoms with Gasteiger partial charge in [-0.25, -0.2) is 0 Å². The zero-order chi connectivity index (χ0) is 13.7. The number of phenolic OH excluding ortho intramolecular Hbond substituents is 1. The van der Waals surface area contributed by atoms with Crippen LogP contribution in [-0.2, 0) is 4.79 Å². The number of carbonyl (C=O) groups excluding carboxylic acids is 1. The van der Waals surface area contributed by atoms with Crippen LogP contribution in [-0.4, -0.2) is 35.1 Å². The lowest BCUT2D eigenvalue weighted by molar-refractivity contribution is -0.137. The topological polar surface area (TPSA) is 49.8 Å². The summed E-state index contributed by atoms with van der Waals surface area (Å²) in [6.07, 6.45) is 3.95. The van der Waals surface area contributed by atoms with Gasteiger partial charge in [0.25, 0.3) is 5.91 Å². The summed E-state index contributed by atoms with van der Waals surface area (Å²) in [5.74, 6) is 0.432. The minimum atomic E-state index is -0.564. The normalized spacial score (nSPS) is 17.6. The first-order valence-electron chi connectivity index (χ1n) is 6.92. The highest BCUT2D eigenvalue weighted by Crippen LogP contribution is 2.26. The van der Waals surface area contributed by atoms with Crippen molar-refractivity contribution in [3.63, 3.8) is 0 Å². The molecule has 0 aromatic heterocycles. The Morgan fingerprint density at radius 1 is 1.21 bits per heavy atom. The monoisotopic (exact) mass is 263 g/mol. The van der Waals surface area contributed by atoms with Gasteiger partial charge in [-0.1, -0.05) is 25.0 Å². The molecule has 1 aromatic rings. The number of likely N-dealkylation sites (tertiary alicyclic amines) is 1. The highest BCUT2D eigenvalue weighted by atomic mass is 16.5. The maximum absolute atomic E-state index is 12.3. The first-order chi connectivity index (χ1) is 9.18. The molecule has 104 valence electrons. The molecular formula is C15H21NO3. The lowest BCUT2D eigenvalue weighted by atomic mass is 10.2. The third-order valence-corrected chi connectivity index (χ3v) is 3.43. The molecule has 4 nitrogen and oxygen atoms in total. The molecule has 1 heterocycles. The number of para-hydroxylation sites is 2. The van der Waals surface area contributed by atoms with E-state index in [4.69, 9.17) is 4.74 Å². The molecule has 1 aliphatic heterocycles. The maximum atomic E-state index is 12.3. The maximum Gasteiger partial charge on any atom is 0.263 e. The molecule has 1 amide bonds. The van der Waals surface area contributed by atoms with Crippen LogP contribution in [0.25, 0.3) is 0 Å². The van der Waals surface area contributed by atoms with Gasteiger partial charge >= 0.3 is 0 Å². The largest absolute Gasteiger partial charge is 0.504 e. The zero-order valence-corrected chi connectivity index (χ0v) is 11.3. The van der Waals surface area contributed by atoms with E-state index in [2.05, 4.69) is 0 Å². The molecule has 1 saturated heterocycles. The van der Waals surface area contributed by atoms with Gasteiger partial charge in [0.2, 0.25) is 0 Å². The molecule has 0 bridgehead atoms. The molecular weight excluding hydrogens is 242 g/mol. The van der Waals surface area contributed by atoms with Crippen molar-refractivity contribution in [3.8, 4) is 11.5 Å². The van der Waals surface area contributed by atoms with Gasteiger partial charge in [0, 0.05) is 13.1 Å². The molecule has 1 atom stereocenters. The number of hydrogen-bond acceptors (Lipinski definition) is 3. The van der Waals surface area contributed by atoms with Crippen molar-refractivity contribution in [1.82, 2.24) is 4.90 Å². The number of ether oxygens (including phenoxy) is 1. The summed E-state index contributed by atoms with van der Waals surface area (Å²) in [4.78, 5) is 14.2. The van der Waals surface area contributed by atoms with E-state index in [1.165, 1.54) is 12.8 Å². The standard InChI is InChI=1S/C15H21NO3/c1-12(19-14-9-5-4-8-13(14)17)15(18)16-10-6-2-3-7-11-16/h4-5,8-9,12,17H,2-3,6-7,10-11H2,1H3. The van der Waals surface area contributed by atoms with Crippen LogP contribution in [0.3, 0.4) is 0 Å². The van der Waals surface area contributed by atoms with Crippen LogP contribution in [0.15, 0.2) is 24.3 Å². The van der Waals surface area contributed by atoms with Gasteiger partial charge in [-0.3, -0.25) is 4.79 Å². The van der Waals surface area contributed by atoms with Gasteiger partial charge in [-0.15, -0.1) is 0 Å². The first kappa shape index (κ1) is 13.7. The number of aromatic hydroxyl groups is 1. The van der Waals surface area contributed by atoms with E-state index in [1.807, 2.05) is 4.90 Å². The molecule has 1 aromatic carbocycles. The first-order valence-corrected chi connectivity index (χ1v) is 6.92. The predicted octanol–water partition coefficient (Wildman–Crippen LogP) is 2.56. The summed E-state index contributed by atoms with van der Waals surface area (Å²) in [6.45, 7) is 3.36. The summed E-state index contributed by atoms with van der Waals surface area (Å²) < 4.78 is 5.56. The number of nitrogens with zero attached hydrogens (tertiary/aromatic N) is 1. The summed E-state index contributed by atoms with van der Waals surface area (Å²) >= 11 is 0. The highest BCUT2D eigenvalue weighted by Gasteiger charge is 2.23. The quantitative estimate of drug-likeness (QED) is 0.911. The van der Waals surface area contributed by atoms with Crippen LogP contribution in [0.1, 0.15) is 32.6 Å². The number of carbonyl (C=O) groups is 1. The van der Waals surface area contributed by atoms with Crippen molar-refractivity contribution in [2.45, 2.75) is 38.7 Å². The van der Waals surface area contributed by atoms with E-state index in [0.29, 0.717) is 5.75 Å². The fourth-order valence-corrected chi connectivity index (χ4v) is 2.35. The van der Waals surface area contributed by atoms with Crippen LogP contribution in [0.2, 0.25) is 0 Å². The Balaban J connectivity index is 1.97. The van der Waals surface area contributed by atoms with Crippen molar-refractivity contribution < 1.29 is 14.6 Å². The summed E-state index contributed by atoms with van der Waals surface area (Å²) in [6, 6.07) is 6.72. The van der Waals surface area contributed by atoms with Gasteiger partial charge in [-0.2, -0.15) is 0 Å². The molecule has 1 aliphatic rings. The minimum absolute atomic E-state index is 0.00477. The van der Waals surface area contributed by atoms with E-state index in [1.54, 1.807) is 31.2 Å². The van der Waals surface area contributed by atoms with Gasteiger partial charge in [0.15, 0.2) is 17.6 Å². The highest BCUT2D eigenvalue weighted by molar-refractivity contribution is 5.81. The molecule has 1 fully saturated rings. The molecule has 1 N–H and O–H groups in total. The van der Waals surface area contributed by atoms with Gasteiger partial charge in [0.05, 0.1) is 0 Å². The Morgan fingerprint density at radius 2 is 1.84 bits per heavy atom. The van der Waals surface area contributed by atoms with E-state index in [0.717, 1.165) is 25.9 Å². The Bertz CT molecular complexity index is 425. The van der Waals surface area contributed by atoms with Gasteiger partial charge in [0.1, 0.15) is 0 Å².